The van der Waals surface area contributed by atoms with Crippen molar-refractivity contribution in [1.29, 1.82) is 0 Å². The van der Waals surface area contributed by atoms with E-state index < -0.39 is 5.97 Å². The van der Waals surface area contributed by atoms with Gasteiger partial charge in [0, 0.05) is 12.1 Å². The van der Waals surface area contributed by atoms with Gasteiger partial charge in [-0.05, 0) is 39.3 Å². The molecule has 0 spiro atoms. The van der Waals surface area contributed by atoms with E-state index in [1.54, 1.807) is 0 Å². The van der Waals surface area contributed by atoms with E-state index in [1.807, 2.05) is 43.0 Å². The molecular weight excluding hydrogens is 278 g/mol. The molecule has 2 rings (SSSR count). The van der Waals surface area contributed by atoms with E-state index in [0.29, 0.717) is 6.54 Å². The second-order valence-electron chi connectivity index (χ2n) is 5.24. The lowest BCUT2D eigenvalue weighted by atomic mass is 10.1. The number of carboxylic acids is 1. The van der Waals surface area contributed by atoms with Crippen LogP contribution in [0.15, 0.2) is 24.3 Å². The van der Waals surface area contributed by atoms with Crippen molar-refractivity contribution in [2.75, 3.05) is 6.54 Å². The lowest BCUT2D eigenvalue weighted by Gasteiger charge is -2.23. The molecule has 4 nitrogen and oxygen atoms in total. The largest absolute Gasteiger partial charge is 0.491 e. The number of nitrogens with zero attached hydrogens (tertiary/aromatic N) is 1. The molecule has 1 aliphatic heterocycles. The van der Waals surface area contributed by atoms with Crippen LogP contribution in [0.2, 0.25) is 0 Å². The summed E-state index contributed by atoms with van der Waals surface area (Å²) >= 11 is 0. The predicted molar refractivity (Wildman–Crippen MR) is 80.5 cm³/mol. The van der Waals surface area contributed by atoms with Crippen molar-refractivity contribution in [2.45, 2.75) is 45.4 Å². The van der Waals surface area contributed by atoms with Crippen molar-refractivity contribution in [3.8, 4) is 5.75 Å². The standard InChI is InChI=1S/C15H21NO3.ClH/c1-11(2)19-14-8-4-3-6-12(14)10-16-9-5-7-13(16)15(17)18;/h3-4,6,8,11,13H,5,7,9-10H2,1-2H3,(H,17,18);1H. The molecule has 1 saturated heterocycles. The summed E-state index contributed by atoms with van der Waals surface area (Å²) in [5.74, 6) is 0.133. The summed E-state index contributed by atoms with van der Waals surface area (Å²) in [6.45, 7) is 5.46. The lowest BCUT2D eigenvalue weighted by Crippen LogP contribution is -2.35. The number of hydrogen-bond acceptors (Lipinski definition) is 3. The maximum atomic E-state index is 11.2. The highest BCUT2D eigenvalue weighted by Gasteiger charge is 2.30. The summed E-state index contributed by atoms with van der Waals surface area (Å²) in [6.07, 6.45) is 1.81. The van der Waals surface area contributed by atoms with Crippen molar-refractivity contribution >= 4 is 18.4 Å². The second-order valence-corrected chi connectivity index (χ2v) is 5.24. The van der Waals surface area contributed by atoms with E-state index in [4.69, 9.17) is 4.74 Å². The van der Waals surface area contributed by atoms with Gasteiger partial charge >= 0.3 is 5.97 Å². The van der Waals surface area contributed by atoms with Crippen LogP contribution in [0.3, 0.4) is 0 Å². The monoisotopic (exact) mass is 299 g/mol. The zero-order valence-corrected chi connectivity index (χ0v) is 12.7. The maximum absolute atomic E-state index is 11.2. The fourth-order valence-electron chi connectivity index (χ4n) is 2.52. The first kappa shape index (κ1) is 16.8. The molecule has 1 fully saturated rings. The molecule has 1 aromatic rings. The average Bonchev–Trinajstić information content (AvgIpc) is 2.79. The molecule has 0 saturated carbocycles. The molecule has 1 aromatic carbocycles. The van der Waals surface area contributed by atoms with Crippen molar-refractivity contribution in [1.82, 2.24) is 4.90 Å². The first-order valence-electron chi connectivity index (χ1n) is 6.79. The zero-order chi connectivity index (χ0) is 13.8. The Bertz CT molecular complexity index is 450. The van der Waals surface area contributed by atoms with E-state index >= 15 is 0 Å². The summed E-state index contributed by atoms with van der Waals surface area (Å²) in [7, 11) is 0. The first-order valence-corrected chi connectivity index (χ1v) is 6.79. The number of para-hydroxylation sites is 1. The van der Waals surface area contributed by atoms with Crippen LogP contribution in [0, 0.1) is 0 Å². The number of hydrogen-bond donors (Lipinski definition) is 1. The molecular formula is C15H22ClNO3. The smallest absolute Gasteiger partial charge is 0.320 e. The quantitative estimate of drug-likeness (QED) is 0.908. The normalized spacial score (nSPS) is 18.9. The Hall–Kier alpha value is -1.26. The van der Waals surface area contributed by atoms with Gasteiger partial charge in [-0.2, -0.15) is 0 Å². The van der Waals surface area contributed by atoms with Crippen LogP contribution in [0.4, 0.5) is 0 Å². The third-order valence-electron chi connectivity index (χ3n) is 3.36. The van der Waals surface area contributed by atoms with Gasteiger partial charge in [0.25, 0.3) is 0 Å². The van der Waals surface area contributed by atoms with Gasteiger partial charge in [-0.25, -0.2) is 0 Å². The topological polar surface area (TPSA) is 49.8 Å². The third-order valence-corrected chi connectivity index (χ3v) is 3.36. The lowest BCUT2D eigenvalue weighted by molar-refractivity contribution is -0.142. The van der Waals surface area contributed by atoms with Crippen molar-refractivity contribution < 1.29 is 14.6 Å². The molecule has 5 heteroatoms. The number of rotatable bonds is 5. The predicted octanol–water partition coefficient (Wildman–Crippen LogP) is 2.94. The number of halogens is 1. The van der Waals surface area contributed by atoms with Crippen LogP contribution >= 0.6 is 12.4 Å². The van der Waals surface area contributed by atoms with Crippen LogP contribution < -0.4 is 4.74 Å². The van der Waals surface area contributed by atoms with Gasteiger partial charge in [0.05, 0.1) is 6.10 Å². The van der Waals surface area contributed by atoms with Gasteiger partial charge in [-0.1, -0.05) is 18.2 Å². The molecule has 20 heavy (non-hydrogen) atoms. The molecule has 1 heterocycles. The highest BCUT2D eigenvalue weighted by molar-refractivity contribution is 5.85. The summed E-state index contributed by atoms with van der Waals surface area (Å²) < 4.78 is 5.78. The maximum Gasteiger partial charge on any atom is 0.320 e. The van der Waals surface area contributed by atoms with Crippen molar-refractivity contribution in [2.24, 2.45) is 0 Å². The molecule has 1 atom stereocenters. The van der Waals surface area contributed by atoms with E-state index in [1.165, 1.54) is 0 Å². The molecule has 0 bridgehead atoms. The Balaban J connectivity index is 0.00000200. The summed E-state index contributed by atoms with van der Waals surface area (Å²) in [5, 5.41) is 9.20. The Morgan fingerprint density at radius 1 is 1.45 bits per heavy atom. The van der Waals surface area contributed by atoms with E-state index in [-0.39, 0.29) is 24.6 Å². The number of carboxylic acid groups (broad SMARTS) is 1. The van der Waals surface area contributed by atoms with E-state index in [9.17, 15) is 9.90 Å². The van der Waals surface area contributed by atoms with Crippen LogP contribution in [0.25, 0.3) is 0 Å². The van der Waals surface area contributed by atoms with Gasteiger partial charge in [-0.15, -0.1) is 12.4 Å². The van der Waals surface area contributed by atoms with Crippen LogP contribution in [0.1, 0.15) is 32.3 Å². The number of ether oxygens (including phenoxy) is 1. The Morgan fingerprint density at radius 3 is 2.80 bits per heavy atom. The molecule has 1 aliphatic rings. The molecule has 0 amide bonds. The van der Waals surface area contributed by atoms with Gasteiger partial charge in [0.1, 0.15) is 11.8 Å². The van der Waals surface area contributed by atoms with Gasteiger partial charge in [0.2, 0.25) is 0 Å². The second kappa shape index (κ2) is 7.50. The highest BCUT2D eigenvalue weighted by atomic mass is 35.5. The summed E-state index contributed by atoms with van der Waals surface area (Å²) in [4.78, 5) is 13.2. The number of carbonyl (C=O) groups is 1. The molecule has 0 radical (unpaired) electrons. The summed E-state index contributed by atoms with van der Waals surface area (Å²) in [6, 6.07) is 7.51. The number of aliphatic carboxylic acids is 1. The Kier molecular flexibility index (Phi) is 6.30. The minimum Gasteiger partial charge on any atom is -0.491 e. The van der Waals surface area contributed by atoms with Crippen molar-refractivity contribution in [3.05, 3.63) is 29.8 Å². The van der Waals surface area contributed by atoms with Crippen LogP contribution in [0.5, 0.6) is 5.75 Å². The molecule has 0 aromatic heterocycles. The van der Waals surface area contributed by atoms with Gasteiger partial charge in [-0.3, -0.25) is 9.69 Å². The molecule has 112 valence electrons. The number of likely N-dealkylation sites (tertiary alicyclic amines) is 1. The zero-order valence-electron chi connectivity index (χ0n) is 11.9. The van der Waals surface area contributed by atoms with Crippen LogP contribution in [-0.4, -0.2) is 34.7 Å². The molecule has 0 aliphatic carbocycles. The SMILES string of the molecule is CC(C)Oc1ccccc1CN1CCCC1C(=O)O.Cl. The van der Waals surface area contributed by atoms with Gasteiger partial charge < -0.3 is 9.84 Å². The Morgan fingerprint density at radius 2 is 2.15 bits per heavy atom. The van der Waals surface area contributed by atoms with E-state index in [0.717, 1.165) is 30.7 Å². The van der Waals surface area contributed by atoms with Gasteiger partial charge in [0.15, 0.2) is 0 Å². The minimum atomic E-state index is -0.722. The molecule has 1 N–H and O–H groups in total. The highest BCUT2D eigenvalue weighted by Crippen LogP contribution is 2.25. The van der Waals surface area contributed by atoms with Crippen LogP contribution in [-0.2, 0) is 11.3 Å². The summed E-state index contributed by atoms with van der Waals surface area (Å²) in [5.41, 5.74) is 1.06. The number of benzene rings is 1. The minimum absolute atomic E-state index is 0. The third kappa shape index (κ3) is 4.12. The average molecular weight is 300 g/mol. The fourth-order valence-corrected chi connectivity index (χ4v) is 2.52. The Labute approximate surface area is 126 Å². The fraction of sp³-hybridized carbons (Fsp3) is 0.533. The molecule has 1 unspecified atom stereocenters. The first-order chi connectivity index (χ1) is 9.08. The van der Waals surface area contributed by atoms with Crippen molar-refractivity contribution in [3.63, 3.8) is 0 Å². The van der Waals surface area contributed by atoms with E-state index in [2.05, 4.69) is 0 Å².